The van der Waals surface area contributed by atoms with E-state index in [0.717, 1.165) is 32.1 Å². The van der Waals surface area contributed by atoms with E-state index in [9.17, 15) is 9.59 Å². The number of carbonyl (C=O) groups excluding carboxylic acids is 2. The summed E-state index contributed by atoms with van der Waals surface area (Å²) in [4.78, 5) is 25.4. The number of hydrogen-bond acceptors (Lipinski definition) is 6. The minimum atomic E-state index is -0.687. The summed E-state index contributed by atoms with van der Waals surface area (Å²) in [5.74, 6) is -0.404. The van der Waals surface area contributed by atoms with Crippen LogP contribution in [0.3, 0.4) is 0 Å². The maximum atomic E-state index is 14.0. The highest BCUT2D eigenvalue weighted by atomic mass is 16.7. The molecule has 2 unspecified atom stereocenters. The maximum absolute atomic E-state index is 14.0. The Morgan fingerprint density at radius 1 is 1.15 bits per heavy atom. The molecule has 0 aromatic rings. The summed E-state index contributed by atoms with van der Waals surface area (Å²) in [5.41, 5.74) is -0.657. The van der Waals surface area contributed by atoms with Crippen LogP contribution in [-0.4, -0.2) is 49.1 Å². The molecule has 2 fully saturated rings. The predicted octanol–water partition coefficient (Wildman–Crippen LogP) is 6.09. The van der Waals surface area contributed by atoms with Gasteiger partial charge in [-0.25, -0.2) is 0 Å². The van der Waals surface area contributed by atoms with Crippen LogP contribution >= 0.6 is 0 Å². The second-order valence-corrected chi connectivity index (χ2v) is 10.7. The first-order chi connectivity index (χ1) is 15.0. The standard InChI is InChI=1S/C26H46O6.CH4/c1-8-20(24(28)25(4,5)21-15-17-30-26(6,7)32-21)23(18(2)12-11-13-19(3)27)31-22-14-9-10-16-29-22;/h18,20-23H,8-17H2,1-7H3;1H4/t18-,20+,21-,22?,23?;/m0./s1. The molecule has 0 aliphatic carbocycles. The lowest BCUT2D eigenvalue weighted by Crippen LogP contribution is -2.52. The van der Waals surface area contributed by atoms with Gasteiger partial charge < -0.3 is 23.7 Å². The Morgan fingerprint density at radius 3 is 2.39 bits per heavy atom. The van der Waals surface area contributed by atoms with Crippen molar-refractivity contribution in [2.24, 2.45) is 17.3 Å². The van der Waals surface area contributed by atoms with Crippen LogP contribution in [-0.2, 0) is 28.5 Å². The monoisotopic (exact) mass is 470 g/mol. The zero-order valence-corrected chi connectivity index (χ0v) is 21.4. The molecule has 6 heteroatoms. The molecule has 0 N–H and O–H groups in total. The third-order valence-electron chi connectivity index (χ3n) is 7.06. The van der Waals surface area contributed by atoms with Gasteiger partial charge in [-0.05, 0) is 71.6 Å². The minimum absolute atomic E-state index is 0. The van der Waals surface area contributed by atoms with E-state index in [1.54, 1.807) is 6.92 Å². The second kappa shape index (κ2) is 13.3. The molecular formula is C27H50O6. The highest BCUT2D eigenvalue weighted by Crippen LogP contribution is 2.39. The Hall–Kier alpha value is -0.820. The quantitative estimate of drug-likeness (QED) is 0.343. The molecule has 2 saturated heterocycles. The van der Waals surface area contributed by atoms with Crippen molar-refractivity contribution in [1.82, 2.24) is 0 Å². The van der Waals surface area contributed by atoms with E-state index >= 15 is 0 Å². The van der Waals surface area contributed by atoms with Crippen LogP contribution < -0.4 is 0 Å². The normalized spacial score (nSPS) is 26.0. The number of ketones is 2. The minimum Gasteiger partial charge on any atom is -0.353 e. The molecule has 6 nitrogen and oxygen atoms in total. The van der Waals surface area contributed by atoms with Crippen molar-refractivity contribution in [2.45, 2.75) is 132 Å². The molecule has 0 aromatic heterocycles. The van der Waals surface area contributed by atoms with E-state index in [-0.39, 0.29) is 49.3 Å². The summed E-state index contributed by atoms with van der Waals surface area (Å²) >= 11 is 0. The van der Waals surface area contributed by atoms with Gasteiger partial charge in [0.15, 0.2) is 12.1 Å². The van der Waals surface area contributed by atoms with Crippen LogP contribution in [0.15, 0.2) is 0 Å². The molecule has 0 aromatic carbocycles. The van der Waals surface area contributed by atoms with E-state index in [4.69, 9.17) is 18.9 Å². The fourth-order valence-corrected chi connectivity index (χ4v) is 5.02. The first kappa shape index (κ1) is 30.2. The largest absolute Gasteiger partial charge is 0.353 e. The van der Waals surface area contributed by atoms with Gasteiger partial charge in [0, 0.05) is 18.9 Å². The van der Waals surface area contributed by atoms with Gasteiger partial charge in [0.25, 0.3) is 0 Å². The van der Waals surface area contributed by atoms with Crippen molar-refractivity contribution in [3.63, 3.8) is 0 Å². The van der Waals surface area contributed by atoms with Crippen LogP contribution in [0.25, 0.3) is 0 Å². The summed E-state index contributed by atoms with van der Waals surface area (Å²) < 4.78 is 24.3. The Labute approximate surface area is 202 Å². The third-order valence-corrected chi connectivity index (χ3v) is 7.06. The van der Waals surface area contributed by atoms with Crippen molar-refractivity contribution in [3.05, 3.63) is 0 Å². The highest BCUT2D eigenvalue weighted by molar-refractivity contribution is 5.87. The number of Topliss-reactive ketones (excluding diaryl/α,β-unsaturated/α-hetero) is 2. The van der Waals surface area contributed by atoms with Gasteiger partial charge in [0.05, 0.1) is 24.2 Å². The Kier molecular flexibility index (Phi) is 12.2. The molecule has 2 rings (SSSR count). The van der Waals surface area contributed by atoms with Crippen LogP contribution in [0, 0.1) is 17.3 Å². The van der Waals surface area contributed by atoms with Crippen molar-refractivity contribution >= 4 is 11.6 Å². The first-order valence-electron chi connectivity index (χ1n) is 12.6. The molecule has 33 heavy (non-hydrogen) atoms. The van der Waals surface area contributed by atoms with Crippen molar-refractivity contribution in [1.29, 1.82) is 0 Å². The molecule has 2 heterocycles. The fourth-order valence-electron chi connectivity index (χ4n) is 5.02. The van der Waals surface area contributed by atoms with E-state index in [1.165, 1.54) is 0 Å². The SMILES string of the molecule is C.CC[C@@H](C(=O)C(C)(C)[C@@H]1CCOC(C)(C)O1)C(OC1CCCCO1)[C@@H](C)CCCC(C)=O. The summed E-state index contributed by atoms with van der Waals surface area (Å²) in [6.07, 6.45) is 5.92. The summed E-state index contributed by atoms with van der Waals surface area (Å²) in [5, 5.41) is 0. The lowest BCUT2D eigenvalue weighted by molar-refractivity contribution is -0.289. The summed E-state index contributed by atoms with van der Waals surface area (Å²) in [7, 11) is 0. The molecular weight excluding hydrogens is 420 g/mol. The molecule has 0 amide bonds. The van der Waals surface area contributed by atoms with Gasteiger partial charge in [-0.1, -0.05) is 35.1 Å². The van der Waals surface area contributed by atoms with Crippen LogP contribution in [0.1, 0.15) is 107 Å². The van der Waals surface area contributed by atoms with Crippen LogP contribution in [0.2, 0.25) is 0 Å². The van der Waals surface area contributed by atoms with Crippen molar-refractivity contribution in [3.8, 4) is 0 Å². The van der Waals surface area contributed by atoms with Gasteiger partial charge in [-0.15, -0.1) is 0 Å². The predicted molar refractivity (Wildman–Crippen MR) is 131 cm³/mol. The van der Waals surface area contributed by atoms with E-state index in [1.807, 2.05) is 27.7 Å². The van der Waals surface area contributed by atoms with E-state index in [0.29, 0.717) is 32.5 Å². The van der Waals surface area contributed by atoms with Gasteiger partial charge in [0.2, 0.25) is 0 Å². The van der Waals surface area contributed by atoms with Gasteiger partial charge in [-0.2, -0.15) is 0 Å². The molecule has 0 saturated carbocycles. The zero-order chi connectivity index (χ0) is 23.9. The van der Waals surface area contributed by atoms with Gasteiger partial charge >= 0.3 is 0 Å². The topological polar surface area (TPSA) is 71.1 Å². The fraction of sp³-hybridized carbons (Fsp3) is 0.926. The molecule has 0 bridgehead atoms. The van der Waals surface area contributed by atoms with Crippen molar-refractivity contribution < 1.29 is 28.5 Å². The summed E-state index contributed by atoms with van der Waals surface area (Å²) in [6, 6.07) is 0. The Bertz CT molecular complexity index is 608. The second-order valence-electron chi connectivity index (χ2n) is 10.7. The molecule has 2 aliphatic heterocycles. The third kappa shape index (κ3) is 8.72. The zero-order valence-electron chi connectivity index (χ0n) is 21.4. The molecule has 0 radical (unpaired) electrons. The van der Waals surface area contributed by atoms with E-state index in [2.05, 4.69) is 13.8 Å². The highest BCUT2D eigenvalue weighted by Gasteiger charge is 2.47. The Balaban J connectivity index is 0.00000544. The first-order valence-corrected chi connectivity index (χ1v) is 12.6. The van der Waals surface area contributed by atoms with Crippen LogP contribution in [0.4, 0.5) is 0 Å². The molecule has 194 valence electrons. The number of rotatable bonds is 12. The molecule has 5 atom stereocenters. The average molecular weight is 471 g/mol. The smallest absolute Gasteiger partial charge is 0.163 e. The number of carbonyl (C=O) groups is 2. The van der Waals surface area contributed by atoms with Gasteiger partial charge in [-0.3, -0.25) is 4.79 Å². The summed E-state index contributed by atoms with van der Waals surface area (Å²) in [6.45, 7) is 14.9. The Morgan fingerprint density at radius 2 is 1.85 bits per heavy atom. The van der Waals surface area contributed by atoms with Gasteiger partial charge in [0.1, 0.15) is 11.6 Å². The average Bonchev–Trinajstić information content (AvgIpc) is 2.73. The lowest BCUT2D eigenvalue weighted by Gasteiger charge is -2.45. The van der Waals surface area contributed by atoms with E-state index < -0.39 is 11.2 Å². The number of ether oxygens (including phenoxy) is 4. The van der Waals surface area contributed by atoms with Crippen LogP contribution in [0.5, 0.6) is 0 Å². The molecule has 2 aliphatic rings. The lowest BCUT2D eigenvalue weighted by atomic mass is 9.71. The van der Waals surface area contributed by atoms with Crippen molar-refractivity contribution in [2.75, 3.05) is 13.2 Å². The molecule has 0 spiro atoms. The maximum Gasteiger partial charge on any atom is 0.163 e. The number of hydrogen-bond donors (Lipinski definition) is 0.